The van der Waals surface area contributed by atoms with Gasteiger partial charge in [-0.15, -0.1) is 0 Å². The van der Waals surface area contributed by atoms with Crippen molar-refractivity contribution in [2.45, 2.75) is 77.0 Å². The lowest BCUT2D eigenvalue weighted by Gasteiger charge is -2.44. The molecule has 1 unspecified atom stereocenters. The second-order valence-electron chi connectivity index (χ2n) is 9.74. The first kappa shape index (κ1) is 24.1. The van der Waals surface area contributed by atoms with Crippen molar-refractivity contribution >= 4 is 17.6 Å². The summed E-state index contributed by atoms with van der Waals surface area (Å²) in [7, 11) is 1.43. The van der Waals surface area contributed by atoms with E-state index >= 15 is 0 Å². The number of carbonyl (C=O) groups excluding carboxylic acids is 3. The molecule has 1 aromatic heterocycles. The van der Waals surface area contributed by atoms with E-state index in [1.54, 1.807) is 9.47 Å². The Kier molecular flexibility index (Phi) is 7.16. The van der Waals surface area contributed by atoms with Crippen molar-refractivity contribution in [3.8, 4) is 0 Å². The van der Waals surface area contributed by atoms with E-state index in [4.69, 9.17) is 4.74 Å². The largest absolute Gasteiger partial charge is 0.376 e. The molecule has 34 heavy (non-hydrogen) atoms. The van der Waals surface area contributed by atoms with Crippen LogP contribution in [0.15, 0.2) is 30.6 Å². The van der Waals surface area contributed by atoms with Crippen molar-refractivity contribution < 1.29 is 19.1 Å². The molecule has 1 atom stereocenters. The van der Waals surface area contributed by atoms with Crippen LogP contribution in [0.25, 0.3) is 0 Å². The first-order valence-electron chi connectivity index (χ1n) is 12.1. The van der Waals surface area contributed by atoms with Crippen LogP contribution < -0.4 is 5.32 Å². The molecule has 0 saturated heterocycles. The maximum atomic E-state index is 13.9. The van der Waals surface area contributed by atoms with Crippen molar-refractivity contribution in [3.05, 3.63) is 53.1 Å². The zero-order chi connectivity index (χ0) is 24.3. The van der Waals surface area contributed by atoms with Crippen LogP contribution in [-0.2, 0) is 22.6 Å². The summed E-state index contributed by atoms with van der Waals surface area (Å²) < 4.78 is 6.62. The highest BCUT2D eigenvalue weighted by Crippen LogP contribution is 2.31. The fourth-order valence-electron chi connectivity index (χ4n) is 5.10. The number of methoxy groups -OCH3 is 1. The van der Waals surface area contributed by atoms with E-state index in [0.29, 0.717) is 0 Å². The van der Waals surface area contributed by atoms with Crippen molar-refractivity contribution in [3.63, 3.8) is 0 Å². The third-order valence-corrected chi connectivity index (χ3v) is 7.00. The molecule has 1 saturated carbocycles. The van der Waals surface area contributed by atoms with Gasteiger partial charge in [0.25, 0.3) is 5.91 Å². The molecule has 4 rings (SSSR count). The van der Waals surface area contributed by atoms with Gasteiger partial charge in [0.2, 0.25) is 11.7 Å². The first-order valence-corrected chi connectivity index (χ1v) is 12.1. The molecular formula is C26H34N4O4. The number of imidazole rings is 1. The lowest BCUT2D eigenvalue weighted by molar-refractivity contribution is -0.134. The topological polar surface area (TPSA) is 93.5 Å². The quantitative estimate of drug-likeness (QED) is 0.499. The fourth-order valence-corrected chi connectivity index (χ4v) is 5.10. The number of Topliss-reactive ketones (excluding diaryl/α,β-unsaturated/α-hetero) is 1. The molecule has 1 fully saturated rings. The van der Waals surface area contributed by atoms with E-state index in [9.17, 15) is 14.4 Å². The Balaban J connectivity index is 1.70. The second-order valence-corrected chi connectivity index (χ2v) is 9.74. The average molecular weight is 467 g/mol. The number of amides is 2. The van der Waals surface area contributed by atoms with E-state index in [0.717, 1.165) is 36.8 Å². The molecular weight excluding hydrogens is 432 g/mol. The second kappa shape index (κ2) is 10.1. The normalized spacial score (nSPS) is 21.1. The van der Waals surface area contributed by atoms with E-state index in [1.165, 1.54) is 26.3 Å². The van der Waals surface area contributed by atoms with E-state index < -0.39 is 5.54 Å². The van der Waals surface area contributed by atoms with Gasteiger partial charge in [0, 0.05) is 19.7 Å². The Bertz CT molecular complexity index is 1070. The van der Waals surface area contributed by atoms with Crippen LogP contribution in [0.5, 0.6) is 0 Å². The monoisotopic (exact) mass is 466 g/mol. The number of nitrogens with zero attached hydrogens (tertiary/aromatic N) is 3. The Morgan fingerprint density at radius 2 is 1.94 bits per heavy atom. The minimum Gasteiger partial charge on any atom is -0.376 e. The fraction of sp³-hybridized carbons (Fsp3) is 0.538. The molecule has 8 heteroatoms. The van der Waals surface area contributed by atoms with Gasteiger partial charge >= 0.3 is 0 Å². The third kappa shape index (κ3) is 4.78. The van der Waals surface area contributed by atoms with Gasteiger partial charge in [-0.1, -0.05) is 55.5 Å². The third-order valence-electron chi connectivity index (χ3n) is 7.00. The summed E-state index contributed by atoms with van der Waals surface area (Å²) in [5.74, 6) is -0.889. The van der Waals surface area contributed by atoms with Crippen LogP contribution in [0.1, 0.15) is 77.6 Å². The zero-order valence-electron chi connectivity index (χ0n) is 20.3. The number of aromatic nitrogens is 2. The summed E-state index contributed by atoms with van der Waals surface area (Å²) in [6, 6.07) is 8.02. The number of benzene rings is 1. The smallest absolute Gasteiger partial charge is 0.274 e. The van der Waals surface area contributed by atoms with E-state index in [-0.39, 0.29) is 54.7 Å². The molecule has 0 spiro atoms. The van der Waals surface area contributed by atoms with Crippen LogP contribution in [0.4, 0.5) is 0 Å². The number of nitrogens with one attached hydrogen (secondary N) is 1. The van der Waals surface area contributed by atoms with Crippen LogP contribution >= 0.6 is 0 Å². The molecule has 182 valence electrons. The zero-order valence-corrected chi connectivity index (χ0v) is 20.3. The summed E-state index contributed by atoms with van der Waals surface area (Å²) >= 11 is 0. The van der Waals surface area contributed by atoms with Crippen LogP contribution in [0, 0.1) is 6.92 Å². The molecule has 0 radical (unpaired) electrons. The van der Waals surface area contributed by atoms with Gasteiger partial charge in [0.15, 0.2) is 0 Å². The highest BCUT2D eigenvalue weighted by atomic mass is 16.5. The molecule has 1 aliphatic heterocycles. The van der Waals surface area contributed by atoms with Crippen molar-refractivity contribution in [1.82, 2.24) is 19.8 Å². The summed E-state index contributed by atoms with van der Waals surface area (Å²) in [6.45, 7) is 4.14. The molecule has 1 N–H and O–H groups in total. The number of ketones is 1. The number of ether oxygens (including phenoxy) is 1. The first-order chi connectivity index (χ1) is 16.3. The lowest BCUT2D eigenvalue weighted by Crippen LogP contribution is -2.64. The number of carbonyl (C=O) groups is 3. The molecule has 2 aliphatic rings. The molecule has 8 nitrogen and oxygen atoms in total. The predicted molar refractivity (Wildman–Crippen MR) is 128 cm³/mol. The minimum atomic E-state index is -1.12. The summed E-state index contributed by atoms with van der Waals surface area (Å²) in [6.07, 6.45) is 7.99. The Morgan fingerprint density at radius 1 is 1.21 bits per heavy atom. The number of rotatable bonds is 7. The Labute approximate surface area is 200 Å². The molecule has 0 bridgehead atoms. The Hall–Kier alpha value is -3.00. The number of aryl methyl sites for hydroxylation is 1. The van der Waals surface area contributed by atoms with Gasteiger partial charge in [-0.25, -0.2) is 4.98 Å². The van der Waals surface area contributed by atoms with Gasteiger partial charge in [0.05, 0.1) is 12.9 Å². The summed E-state index contributed by atoms with van der Waals surface area (Å²) in [5.41, 5.74) is 1.19. The van der Waals surface area contributed by atoms with Gasteiger partial charge in [-0.2, -0.15) is 0 Å². The Morgan fingerprint density at radius 3 is 2.62 bits per heavy atom. The number of hydrogen-bond donors (Lipinski definition) is 1. The minimum absolute atomic E-state index is 0.0901. The average Bonchev–Trinajstić information content (AvgIpc) is 3.05. The predicted octanol–water partition coefficient (Wildman–Crippen LogP) is 3.27. The number of hydrogen-bond acceptors (Lipinski definition) is 5. The standard InChI is InChI=1S/C26H34N4O4/c1-18-9-8-10-19(13-18)14-30-24(32)23-22(21(31)15-34-3)27-17-29(23)16-26(30,2)25(33)28-20-11-6-4-5-7-12-20/h8-10,13,17,20H,4-7,11-12,14-16H2,1-3H3,(H,28,33). The van der Waals surface area contributed by atoms with Crippen molar-refractivity contribution in [2.75, 3.05) is 13.7 Å². The molecule has 2 heterocycles. The van der Waals surface area contributed by atoms with Crippen LogP contribution in [0.3, 0.4) is 0 Å². The summed E-state index contributed by atoms with van der Waals surface area (Å²) in [5, 5.41) is 3.24. The highest BCUT2D eigenvalue weighted by Gasteiger charge is 2.49. The molecule has 2 amide bonds. The van der Waals surface area contributed by atoms with Gasteiger partial charge in [-0.05, 0) is 32.3 Å². The maximum Gasteiger partial charge on any atom is 0.274 e. The molecule has 1 aliphatic carbocycles. The summed E-state index contributed by atoms with van der Waals surface area (Å²) in [4.78, 5) is 46.0. The maximum absolute atomic E-state index is 13.9. The molecule has 2 aromatic rings. The van der Waals surface area contributed by atoms with E-state index in [1.807, 2.05) is 38.1 Å². The lowest BCUT2D eigenvalue weighted by atomic mass is 9.92. The molecule has 1 aromatic carbocycles. The van der Waals surface area contributed by atoms with Gasteiger partial charge in [0.1, 0.15) is 23.5 Å². The van der Waals surface area contributed by atoms with Crippen molar-refractivity contribution in [1.29, 1.82) is 0 Å². The van der Waals surface area contributed by atoms with Crippen LogP contribution in [0.2, 0.25) is 0 Å². The van der Waals surface area contributed by atoms with E-state index in [2.05, 4.69) is 10.3 Å². The highest BCUT2D eigenvalue weighted by molar-refractivity contribution is 6.08. The SMILES string of the molecule is COCC(=O)c1ncn2c1C(=O)N(Cc1cccc(C)c1)C(C)(C(=O)NC1CCCCCC1)C2. The van der Waals surface area contributed by atoms with Gasteiger partial charge < -0.3 is 19.5 Å². The van der Waals surface area contributed by atoms with Crippen molar-refractivity contribution in [2.24, 2.45) is 0 Å². The van der Waals surface area contributed by atoms with Gasteiger partial charge in [-0.3, -0.25) is 14.4 Å². The number of fused-ring (bicyclic) bond motifs is 1. The van der Waals surface area contributed by atoms with Crippen LogP contribution in [-0.4, -0.2) is 57.3 Å².